The number of amides is 1. The third-order valence-corrected chi connectivity index (χ3v) is 5.23. The summed E-state index contributed by atoms with van der Waals surface area (Å²) in [4.78, 5) is 11.3. The lowest BCUT2D eigenvalue weighted by molar-refractivity contribution is -0.120. The van der Waals surface area contributed by atoms with Crippen LogP contribution in [0.3, 0.4) is 0 Å². The van der Waals surface area contributed by atoms with Gasteiger partial charge in [-0.25, -0.2) is 0 Å². The van der Waals surface area contributed by atoms with Crippen LogP contribution in [0, 0.1) is 5.41 Å². The SMILES string of the molecule is CC(C)(C)CC[SH]1(=O)CC[C@@H](N)C(=O)N1. The average molecular weight is 234 g/mol. The average Bonchev–Trinajstić information content (AvgIpc) is 2.08. The summed E-state index contributed by atoms with van der Waals surface area (Å²) in [7, 11) is -2.48. The van der Waals surface area contributed by atoms with Gasteiger partial charge in [-0.2, -0.15) is 0 Å². The minimum atomic E-state index is -2.48. The lowest BCUT2D eigenvalue weighted by Crippen LogP contribution is -2.54. The van der Waals surface area contributed by atoms with Gasteiger partial charge in [0.1, 0.15) is 0 Å². The molecule has 1 rings (SSSR count). The van der Waals surface area contributed by atoms with Crippen LogP contribution in [-0.2, 0) is 14.9 Å². The van der Waals surface area contributed by atoms with E-state index in [1.807, 2.05) is 0 Å². The van der Waals surface area contributed by atoms with Crippen molar-refractivity contribution in [2.75, 3.05) is 11.5 Å². The summed E-state index contributed by atoms with van der Waals surface area (Å²) in [6.07, 6.45) is 1.41. The molecule has 0 aromatic heterocycles. The molecule has 1 heterocycles. The summed E-state index contributed by atoms with van der Waals surface area (Å²) in [5, 5.41) is 0. The molecule has 90 valence electrons. The number of carbonyl (C=O) groups is 1. The van der Waals surface area contributed by atoms with Crippen LogP contribution in [-0.4, -0.2) is 27.7 Å². The molecule has 4 nitrogen and oxygen atoms in total. The van der Waals surface area contributed by atoms with Crippen molar-refractivity contribution < 1.29 is 9.00 Å². The van der Waals surface area contributed by atoms with Gasteiger partial charge in [0.2, 0.25) is 5.91 Å². The Morgan fingerprint density at radius 3 is 2.60 bits per heavy atom. The van der Waals surface area contributed by atoms with E-state index in [0.717, 1.165) is 6.42 Å². The Balaban J connectivity index is 2.54. The molecule has 15 heavy (non-hydrogen) atoms. The fraction of sp³-hybridized carbons (Fsp3) is 0.900. The topological polar surface area (TPSA) is 72.2 Å². The molecule has 0 aromatic rings. The molecule has 0 bridgehead atoms. The molecule has 1 atom stereocenters. The Hall–Kier alpha value is -0.420. The quantitative estimate of drug-likeness (QED) is 0.598. The van der Waals surface area contributed by atoms with Crippen LogP contribution in [0.15, 0.2) is 0 Å². The van der Waals surface area contributed by atoms with Gasteiger partial charge in [0, 0.05) is 11.5 Å². The molecule has 3 N–H and O–H groups in total. The maximum Gasteiger partial charge on any atom is 0.247 e. The van der Waals surface area contributed by atoms with Crippen LogP contribution in [0.25, 0.3) is 0 Å². The molecule has 0 spiro atoms. The number of nitrogens with two attached hydrogens (primary N) is 1. The molecule has 1 aliphatic rings. The summed E-state index contributed by atoms with van der Waals surface area (Å²) in [6.45, 7) is 6.32. The second-order valence-electron chi connectivity index (χ2n) is 5.52. The monoisotopic (exact) mass is 234 g/mol. The van der Waals surface area contributed by atoms with E-state index in [1.54, 1.807) is 0 Å². The minimum Gasteiger partial charge on any atom is -0.320 e. The first-order valence-electron chi connectivity index (χ1n) is 5.38. The van der Waals surface area contributed by atoms with Crippen molar-refractivity contribution in [3.8, 4) is 0 Å². The second kappa shape index (κ2) is 4.22. The molecule has 1 fully saturated rings. The van der Waals surface area contributed by atoms with Crippen LogP contribution in [0.4, 0.5) is 0 Å². The van der Waals surface area contributed by atoms with E-state index >= 15 is 0 Å². The van der Waals surface area contributed by atoms with Crippen LogP contribution in [0.1, 0.15) is 33.6 Å². The van der Waals surface area contributed by atoms with Gasteiger partial charge in [0.25, 0.3) is 0 Å². The van der Waals surface area contributed by atoms with Crippen LogP contribution in [0.5, 0.6) is 0 Å². The van der Waals surface area contributed by atoms with Crippen molar-refractivity contribution in [1.82, 2.24) is 4.72 Å². The Kier molecular flexibility index (Phi) is 3.55. The smallest absolute Gasteiger partial charge is 0.247 e. The van der Waals surface area contributed by atoms with E-state index in [0.29, 0.717) is 17.9 Å². The number of nitrogens with one attached hydrogen (secondary N) is 1. The van der Waals surface area contributed by atoms with Gasteiger partial charge in [-0.05, 0) is 28.4 Å². The van der Waals surface area contributed by atoms with Gasteiger partial charge >= 0.3 is 0 Å². The molecule has 0 unspecified atom stereocenters. The maximum atomic E-state index is 12.2. The summed E-state index contributed by atoms with van der Waals surface area (Å²) in [6, 6.07) is -0.471. The maximum absolute atomic E-state index is 12.2. The summed E-state index contributed by atoms with van der Waals surface area (Å²) in [5.74, 6) is 0.892. The molecule has 0 aromatic carbocycles. The van der Waals surface area contributed by atoms with Crippen molar-refractivity contribution in [3.63, 3.8) is 0 Å². The van der Waals surface area contributed by atoms with Crippen molar-refractivity contribution in [2.24, 2.45) is 11.1 Å². The number of hydrogen-bond donors (Lipinski definition) is 3. The van der Waals surface area contributed by atoms with Gasteiger partial charge < -0.3 is 5.73 Å². The van der Waals surface area contributed by atoms with Crippen molar-refractivity contribution in [1.29, 1.82) is 0 Å². The fourth-order valence-corrected chi connectivity index (χ4v) is 4.24. The van der Waals surface area contributed by atoms with Crippen molar-refractivity contribution in [3.05, 3.63) is 0 Å². The van der Waals surface area contributed by atoms with Gasteiger partial charge in [-0.3, -0.25) is 13.7 Å². The van der Waals surface area contributed by atoms with Crippen LogP contribution >= 0.6 is 0 Å². The highest BCUT2D eigenvalue weighted by Crippen LogP contribution is 2.22. The first-order valence-corrected chi connectivity index (χ1v) is 7.45. The Labute approximate surface area is 92.5 Å². The standard InChI is InChI=1S/C10H22N2O2S/c1-10(2,3)5-7-15(14)6-4-8(11)9(13)12-15/h8,15H,4-7,11H2,1-3H3,(H,12,13,14)/t8-/m1/s1. The van der Waals surface area contributed by atoms with Gasteiger partial charge in [0.05, 0.1) is 6.04 Å². The van der Waals surface area contributed by atoms with Gasteiger partial charge in [-0.1, -0.05) is 20.8 Å². The Morgan fingerprint density at radius 2 is 2.13 bits per heavy atom. The van der Waals surface area contributed by atoms with E-state index in [-0.39, 0.29) is 11.3 Å². The lowest BCUT2D eigenvalue weighted by atomic mass is 9.94. The van der Waals surface area contributed by atoms with Crippen LogP contribution < -0.4 is 10.5 Å². The Bertz CT molecular complexity index is 296. The number of hydrogen-bond acceptors (Lipinski definition) is 3. The van der Waals surface area contributed by atoms with Crippen LogP contribution in [0.2, 0.25) is 0 Å². The summed E-state index contributed by atoms with van der Waals surface area (Å²) in [5.41, 5.74) is 5.70. The largest absolute Gasteiger partial charge is 0.320 e. The van der Waals surface area contributed by atoms with E-state index in [2.05, 4.69) is 25.5 Å². The summed E-state index contributed by atoms with van der Waals surface area (Å²) >= 11 is 0. The molecule has 1 aliphatic heterocycles. The first kappa shape index (κ1) is 12.6. The number of rotatable bonds is 2. The Morgan fingerprint density at radius 1 is 1.53 bits per heavy atom. The molecule has 1 saturated heterocycles. The van der Waals surface area contributed by atoms with E-state index < -0.39 is 16.2 Å². The fourth-order valence-electron chi connectivity index (χ4n) is 1.50. The number of carbonyl (C=O) groups excluding carboxylic acids is 1. The lowest BCUT2D eigenvalue weighted by Gasteiger charge is -2.34. The summed E-state index contributed by atoms with van der Waals surface area (Å²) < 4.78 is 14.9. The predicted octanol–water partition coefficient (Wildman–Crippen LogP) is 0.202. The minimum absolute atomic E-state index is 0.154. The molecule has 5 heteroatoms. The van der Waals surface area contributed by atoms with Gasteiger partial charge in [-0.15, -0.1) is 0 Å². The highest BCUT2D eigenvalue weighted by atomic mass is 32.3. The predicted molar refractivity (Wildman–Crippen MR) is 64.1 cm³/mol. The molecule has 1 amide bonds. The molecule has 0 radical (unpaired) electrons. The first-order chi connectivity index (χ1) is 6.72. The zero-order valence-corrected chi connectivity index (χ0v) is 10.6. The number of thiol groups is 1. The zero-order valence-electron chi connectivity index (χ0n) is 9.75. The van der Waals surface area contributed by atoms with Crippen molar-refractivity contribution in [2.45, 2.75) is 39.7 Å². The van der Waals surface area contributed by atoms with E-state index in [9.17, 15) is 9.00 Å². The highest BCUT2D eigenvalue weighted by molar-refractivity contribution is 8.01. The third kappa shape index (κ3) is 3.91. The van der Waals surface area contributed by atoms with E-state index in [4.69, 9.17) is 5.73 Å². The highest BCUT2D eigenvalue weighted by Gasteiger charge is 2.29. The normalized spacial score (nSPS) is 28.3. The van der Waals surface area contributed by atoms with Crippen molar-refractivity contribution >= 4 is 16.0 Å². The molecule has 0 saturated carbocycles. The molecular formula is C10H22N2O2S. The van der Waals surface area contributed by atoms with Gasteiger partial charge in [0.15, 0.2) is 0 Å². The molecule has 0 aliphatic carbocycles. The second-order valence-corrected chi connectivity index (χ2v) is 8.42. The third-order valence-electron chi connectivity index (χ3n) is 2.68. The van der Waals surface area contributed by atoms with E-state index in [1.165, 1.54) is 0 Å². The molecular weight excluding hydrogens is 212 g/mol. The zero-order chi connectivity index (χ0) is 11.7.